The molecule has 1 aromatic heterocycles. The summed E-state index contributed by atoms with van der Waals surface area (Å²) in [6.07, 6.45) is 0. The van der Waals surface area contributed by atoms with Crippen LogP contribution in [0.25, 0.3) is 0 Å². The third-order valence-corrected chi connectivity index (χ3v) is 4.72. The molecule has 0 atom stereocenters. The second-order valence-electron chi connectivity index (χ2n) is 6.47. The van der Waals surface area contributed by atoms with Crippen LogP contribution in [0.3, 0.4) is 0 Å². The first-order valence-corrected chi connectivity index (χ1v) is 9.60. The van der Waals surface area contributed by atoms with Gasteiger partial charge in [-0.25, -0.2) is 9.97 Å². The third-order valence-electron chi connectivity index (χ3n) is 4.35. The fourth-order valence-electron chi connectivity index (χ4n) is 2.87. The Morgan fingerprint density at radius 1 is 1.07 bits per heavy atom. The summed E-state index contributed by atoms with van der Waals surface area (Å²) in [5, 5.41) is 3.85. The number of nitrogens with zero attached hydrogens (tertiary/aromatic N) is 3. The van der Waals surface area contributed by atoms with Gasteiger partial charge in [0.05, 0.1) is 0 Å². The van der Waals surface area contributed by atoms with Crippen molar-refractivity contribution in [1.29, 1.82) is 0 Å². The molecule has 1 heterocycles. The highest BCUT2D eigenvalue weighted by Crippen LogP contribution is 2.17. The van der Waals surface area contributed by atoms with Gasteiger partial charge in [-0.15, -0.1) is 0 Å². The molecule has 5 nitrogen and oxygen atoms in total. The fourth-order valence-corrected chi connectivity index (χ4v) is 3.07. The number of aromatic nitrogens is 2. The predicted octanol–water partition coefficient (Wildman–Crippen LogP) is 4.71. The summed E-state index contributed by atoms with van der Waals surface area (Å²) < 4.78 is 0. The van der Waals surface area contributed by atoms with E-state index in [-0.39, 0.29) is 5.91 Å². The van der Waals surface area contributed by atoms with Gasteiger partial charge in [-0.1, -0.05) is 60.1 Å². The zero-order valence-electron chi connectivity index (χ0n) is 16.0. The highest BCUT2D eigenvalue weighted by molar-refractivity contribution is 6.31. The van der Waals surface area contributed by atoms with Crippen molar-refractivity contribution < 1.29 is 4.79 Å². The highest BCUT2D eigenvalue weighted by atomic mass is 35.5. The SMILES string of the molecule is CCN(Cc1ccccc1)C(=O)c1cc(C)nc(NCc2ccccc2Cl)n1. The number of hydrogen-bond donors (Lipinski definition) is 1. The monoisotopic (exact) mass is 394 g/mol. The van der Waals surface area contributed by atoms with Crippen LogP contribution in [0.15, 0.2) is 60.7 Å². The molecule has 0 fully saturated rings. The van der Waals surface area contributed by atoms with Crippen molar-refractivity contribution in [2.24, 2.45) is 0 Å². The van der Waals surface area contributed by atoms with E-state index >= 15 is 0 Å². The molecular formula is C22H23ClN4O. The molecule has 6 heteroatoms. The topological polar surface area (TPSA) is 58.1 Å². The lowest BCUT2D eigenvalue weighted by Gasteiger charge is -2.21. The van der Waals surface area contributed by atoms with Gasteiger partial charge in [-0.3, -0.25) is 4.79 Å². The van der Waals surface area contributed by atoms with Crippen molar-refractivity contribution in [2.45, 2.75) is 26.9 Å². The molecule has 0 unspecified atom stereocenters. The summed E-state index contributed by atoms with van der Waals surface area (Å²) in [4.78, 5) is 23.6. The number of nitrogens with one attached hydrogen (secondary N) is 1. The maximum absolute atomic E-state index is 13.0. The van der Waals surface area contributed by atoms with Crippen molar-refractivity contribution in [3.8, 4) is 0 Å². The minimum Gasteiger partial charge on any atom is -0.350 e. The minimum atomic E-state index is -0.113. The molecule has 28 heavy (non-hydrogen) atoms. The van der Waals surface area contributed by atoms with Crippen molar-refractivity contribution in [1.82, 2.24) is 14.9 Å². The molecule has 1 N–H and O–H groups in total. The molecule has 3 aromatic rings. The lowest BCUT2D eigenvalue weighted by atomic mass is 10.2. The van der Waals surface area contributed by atoms with Gasteiger partial charge < -0.3 is 10.2 Å². The molecule has 0 saturated heterocycles. The molecule has 0 saturated carbocycles. The van der Waals surface area contributed by atoms with Gasteiger partial charge in [-0.05, 0) is 37.1 Å². The van der Waals surface area contributed by atoms with Crippen LogP contribution in [-0.2, 0) is 13.1 Å². The van der Waals surface area contributed by atoms with Crippen LogP contribution in [0.1, 0.15) is 34.2 Å². The summed E-state index contributed by atoms with van der Waals surface area (Å²) in [5.74, 6) is 0.302. The predicted molar refractivity (Wildman–Crippen MR) is 112 cm³/mol. The van der Waals surface area contributed by atoms with E-state index in [2.05, 4.69) is 15.3 Å². The lowest BCUT2D eigenvalue weighted by molar-refractivity contribution is 0.0746. The van der Waals surface area contributed by atoms with Crippen LogP contribution < -0.4 is 5.32 Å². The number of benzene rings is 2. The zero-order valence-corrected chi connectivity index (χ0v) is 16.8. The largest absolute Gasteiger partial charge is 0.350 e. The molecule has 3 rings (SSSR count). The maximum atomic E-state index is 13.0. The molecule has 0 aliphatic rings. The van der Waals surface area contributed by atoms with Gasteiger partial charge in [-0.2, -0.15) is 0 Å². The Morgan fingerprint density at radius 3 is 2.50 bits per heavy atom. The molecule has 0 aliphatic heterocycles. The van der Waals surface area contributed by atoms with Gasteiger partial charge >= 0.3 is 0 Å². The first-order valence-electron chi connectivity index (χ1n) is 9.23. The highest BCUT2D eigenvalue weighted by Gasteiger charge is 2.17. The van der Waals surface area contributed by atoms with Crippen LogP contribution in [0.5, 0.6) is 0 Å². The molecule has 0 aliphatic carbocycles. The van der Waals surface area contributed by atoms with Crippen LogP contribution in [0.4, 0.5) is 5.95 Å². The number of aryl methyl sites for hydroxylation is 1. The summed E-state index contributed by atoms with van der Waals surface area (Å²) in [5.41, 5.74) is 3.14. The zero-order chi connectivity index (χ0) is 19.9. The van der Waals surface area contributed by atoms with E-state index in [4.69, 9.17) is 11.6 Å². The Balaban J connectivity index is 1.75. The number of carbonyl (C=O) groups excluding carboxylic acids is 1. The molecule has 0 bridgehead atoms. The second-order valence-corrected chi connectivity index (χ2v) is 6.88. The molecule has 0 spiro atoms. The van der Waals surface area contributed by atoms with E-state index in [9.17, 15) is 4.79 Å². The van der Waals surface area contributed by atoms with Crippen molar-refractivity contribution in [2.75, 3.05) is 11.9 Å². The van der Waals surface area contributed by atoms with E-state index in [1.54, 1.807) is 11.0 Å². The number of rotatable bonds is 7. The Hall–Kier alpha value is -2.92. The molecular weight excluding hydrogens is 372 g/mol. The maximum Gasteiger partial charge on any atom is 0.272 e. The lowest BCUT2D eigenvalue weighted by Crippen LogP contribution is -2.31. The van der Waals surface area contributed by atoms with Gasteiger partial charge in [0.15, 0.2) is 0 Å². The van der Waals surface area contributed by atoms with E-state index in [0.29, 0.717) is 36.3 Å². The summed E-state index contributed by atoms with van der Waals surface area (Å²) in [6.45, 7) is 5.44. The normalized spacial score (nSPS) is 10.5. The van der Waals surface area contributed by atoms with Gasteiger partial charge in [0.2, 0.25) is 5.95 Å². The summed E-state index contributed by atoms with van der Waals surface area (Å²) in [6, 6.07) is 19.2. The van der Waals surface area contributed by atoms with Gasteiger partial charge in [0, 0.05) is 30.4 Å². The molecule has 2 aromatic carbocycles. The van der Waals surface area contributed by atoms with Crippen molar-refractivity contribution >= 4 is 23.5 Å². The van der Waals surface area contributed by atoms with Crippen LogP contribution >= 0.6 is 11.6 Å². The van der Waals surface area contributed by atoms with E-state index < -0.39 is 0 Å². The van der Waals surface area contributed by atoms with Gasteiger partial charge in [0.1, 0.15) is 5.69 Å². The van der Waals surface area contributed by atoms with Crippen LogP contribution in [-0.4, -0.2) is 27.3 Å². The van der Waals surface area contributed by atoms with E-state index in [1.165, 1.54) is 0 Å². The van der Waals surface area contributed by atoms with Gasteiger partial charge in [0.25, 0.3) is 5.91 Å². The number of carbonyl (C=O) groups is 1. The Morgan fingerprint density at radius 2 is 1.79 bits per heavy atom. The average molecular weight is 395 g/mol. The number of hydrogen-bond acceptors (Lipinski definition) is 4. The smallest absolute Gasteiger partial charge is 0.272 e. The minimum absolute atomic E-state index is 0.113. The number of amides is 1. The second kappa shape index (κ2) is 9.33. The van der Waals surface area contributed by atoms with Crippen LogP contribution in [0, 0.1) is 6.92 Å². The Bertz CT molecular complexity index is 946. The van der Waals surface area contributed by atoms with E-state index in [1.807, 2.05) is 68.4 Å². The third kappa shape index (κ3) is 5.08. The summed E-state index contributed by atoms with van der Waals surface area (Å²) >= 11 is 6.20. The van der Waals surface area contributed by atoms with Crippen molar-refractivity contribution in [3.05, 3.63) is 88.2 Å². The Labute approximate surface area is 170 Å². The average Bonchev–Trinajstić information content (AvgIpc) is 2.71. The molecule has 0 radical (unpaired) electrons. The first kappa shape index (κ1) is 19.8. The number of halogens is 1. The van der Waals surface area contributed by atoms with E-state index in [0.717, 1.165) is 16.8 Å². The van der Waals surface area contributed by atoms with Crippen LogP contribution in [0.2, 0.25) is 5.02 Å². The molecule has 144 valence electrons. The quantitative estimate of drug-likeness (QED) is 0.630. The fraction of sp³-hybridized carbons (Fsp3) is 0.227. The number of anilines is 1. The molecule has 1 amide bonds. The van der Waals surface area contributed by atoms with Crippen molar-refractivity contribution in [3.63, 3.8) is 0 Å². The summed E-state index contributed by atoms with van der Waals surface area (Å²) in [7, 11) is 0. The first-order chi connectivity index (χ1) is 13.6. The Kier molecular flexibility index (Phi) is 6.61. The standard InChI is InChI=1S/C22H23ClN4O/c1-3-27(15-17-9-5-4-6-10-17)21(28)20-13-16(2)25-22(26-20)24-14-18-11-7-8-12-19(18)23/h4-13H,3,14-15H2,1-2H3,(H,24,25,26).